The van der Waals surface area contributed by atoms with Crippen LogP contribution >= 0.6 is 23.5 Å². The number of thioether (sulfide) groups is 2. The first kappa shape index (κ1) is 14.1. The van der Waals surface area contributed by atoms with Crippen LogP contribution in [0.2, 0.25) is 0 Å². The summed E-state index contributed by atoms with van der Waals surface area (Å²) < 4.78 is 27.6. The average molecular weight is 290 g/mol. The summed E-state index contributed by atoms with van der Waals surface area (Å²) in [5.74, 6) is 6.99. The van der Waals surface area contributed by atoms with E-state index < -0.39 is 11.6 Å². The van der Waals surface area contributed by atoms with Crippen LogP contribution in [0.5, 0.6) is 0 Å². The summed E-state index contributed by atoms with van der Waals surface area (Å²) in [5, 5.41) is 0.172. The first-order valence-electron chi connectivity index (χ1n) is 5.75. The van der Waals surface area contributed by atoms with E-state index in [2.05, 4.69) is 5.43 Å². The summed E-state index contributed by atoms with van der Waals surface area (Å²) in [6, 6.07) is 2.87. The molecule has 3 N–H and O–H groups in total. The highest BCUT2D eigenvalue weighted by Gasteiger charge is 2.28. The van der Waals surface area contributed by atoms with Crippen molar-refractivity contribution >= 4 is 23.5 Å². The maximum atomic E-state index is 14.0. The van der Waals surface area contributed by atoms with E-state index in [-0.39, 0.29) is 11.3 Å². The van der Waals surface area contributed by atoms with Crippen LogP contribution < -0.4 is 11.3 Å². The standard InChI is InChI=1S/C12H16F2N2S2/c1-7-2-3-8(11(14)10(7)13)12(16-15)9-6-17-4-5-18-9/h2-3,9,12,16H,4-6,15H2,1H3. The molecule has 2 unspecified atom stereocenters. The van der Waals surface area contributed by atoms with Gasteiger partial charge in [0.2, 0.25) is 0 Å². The second-order valence-electron chi connectivity index (χ2n) is 4.23. The van der Waals surface area contributed by atoms with Crippen LogP contribution in [0.3, 0.4) is 0 Å². The monoisotopic (exact) mass is 290 g/mol. The van der Waals surface area contributed by atoms with Gasteiger partial charge in [-0.25, -0.2) is 8.78 Å². The number of hydrazine groups is 1. The highest BCUT2D eigenvalue weighted by molar-refractivity contribution is 8.06. The molecule has 1 aliphatic heterocycles. The lowest BCUT2D eigenvalue weighted by atomic mass is 10.0. The Labute approximate surface area is 114 Å². The smallest absolute Gasteiger partial charge is 0.163 e. The summed E-state index contributed by atoms with van der Waals surface area (Å²) in [6.45, 7) is 1.55. The fourth-order valence-electron chi connectivity index (χ4n) is 2.00. The van der Waals surface area contributed by atoms with Gasteiger partial charge < -0.3 is 0 Å². The van der Waals surface area contributed by atoms with Gasteiger partial charge in [-0.3, -0.25) is 11.3 Å². The van der Waals surface area contributed by atoms with Crippen LogP contribution in [-0.2, 0) is 0 Å². The van der Waals surface area contributed by atoms with E-state index in [1.54, 1.807) is 30.8 Å². The molecule has 1 aliphatic rings. The molecule has 1 heterocycles. The zero-order valence-electron chi connectivity index (χ0n) is 10.1. The van der Waals surface area contributed by atoms with Crippen LogP contribution in [-0.4, -0.2) is 22.5 Å². The van der Waals surface area contributed by atoms with Gasteiger partial charge in [-0.15, -0.1) is 0 Å². The van der Waals surface area contributed by atoms with Gasteiger partial charge in [0.1, 0.15) is 0 Å². The van der Waals surface area contributed by atoms with E-state index in [0.29, 0.717) is 11.1 Å². The number of nitrogens with two attached hydrogens (primary N) is 1. The number of hydrogen-bond donors (Lipinski definition) is 2. The number of aryl methyl sites for hydroxylation is 1. The molecule has 1 aromatic carbocycles. The van der Waals surface area contributed by atoms with E-state index in [1.807, 2.05) is 11.8 Å². The first-order chi connectivity index (χ1) is 8.65. The molecule has 0 bridgehead atoms. The lowest BCUT2D eigenvalue weighted by Gasteiger charge is -2.29. The van der Waals surface area contributed by atoms with Gasteiger partial charge in [0.15, 0.2) is 11.6 Å². The molecule has 0 saturated carbocycles. The Morgan fingerprint density at radius 1 is 1.33 bits per heavy atom. The summed E-state index contributed by atoms with van der Waals surface area (Å²) >= 11 is 3.58. The van der Waals surface area contributed by atoms with Gasteiger partial charge in [0.05, 0.1) is 6.04 Å². The highest BCUT2D eigenvalue weighted by Crippen LogP contribution is 2.34. The van der Waals surface area contributed by atoms with Gasteiger partial charge in [-0.05, 0) is 12.5 Å². The zero-order chi connectivity index (χ0) is 13.1. The van der Waals surface area contributed by atoms with Crippen molar-refractivity contribution in [3.05, 3.63) is 34.9 Å². The molecule has 2 nitrogen and oxygen atoms in total. The van der Waals surface area contributed by atoms with Crippen LogP contribution in [0.15, 0.2) is 12.1 Å². The molecule has 2 atom stereocenters. The number of halogens is 2. The maximum Gasteiger partial charge on any atom is 0.163 e. The first-order valence-corrected chi connectivity index (χ1v) is 7.95. The van der Waals surface area contributed by atoms with E-state index in [9.17, 15) is 8.78 Å². The van der Waals surface area contributed by atoms with Crippen molar-refractivity contribution in [2.24, 2.45) is 5.84 Å². The van der Waals surface area contributed by atoms with Gasteiger partial charge in [-0.1, -0.05) is 12.1 Å². The summed E-state index contributed by atoms with van der Waals surface area (Å²) in [6.07, 6.45) is 0. The van der Waals surface area contributed by atoms with Crippen LogP contribution in [0.4, 0.5) is 8.78 Å². The summed E-state index contributed by atoms with van der Waals surface area (Å²) in [5.41, 5.74) is 3.27. The molecule has 0 radical (unpaired) electrons. The SMILES string of the molecule is Cc1ccc(C(NN)C2CSCCS2)c(F)c1F. The third-order valence-electron chi connectivity index (χ3n) is 3.03. The molecule has 0 aromatic heterocycles. The second-order valence-corrected chi connectivity index (χ2v) is 6.73. The molecular formula is C12H16F2N2S2. The predicted molar refractivity (Wildman–Crippen MR) is 74.7 cm³/mol. The van der Waals surface area contributed by atoms with Gasteiger partial charge >= 0.3 is 0 Å². The normalized spacial score (nSPS) is 21.9. The van der Waals surface area contributed by atoms with E-state index in [4.69, 9.17) is 5.84 Å². The second kappa shape index (κ2) is 6.23. The number of hydrogen-bond acceptors (Lipinski definition) is 4. The topological polar surface area (TPSA) is 38.0 Å². The minimum Gasteiger partial charge on any atom is -0.271 e. The molecule has 2 rings (SSSR count). The molecule has 1 aromatic rings. The predicted octanol–water partition coefficient (Wildman–Crippen LogP) is 2.63. The van der Waals surface area contributed by atoms with Crippen molar-refractivity contribution in [2.45, 2.75) is 18.2 Å². The van der Waals surface area contributed by atoms with E-state index in [1.165, 1.54) is 0 Å². The van der Waals surface area contributed by atoms with Crippen LogP contribution in [0.1, 0.15) is 17.2 Å². The van der Waals surface area contributed by atoms with Crippen molar-refractivity contribution < 1.29 is 8.78 Å². The van der Waals surface area contributed by atoms with Crippen molar-refractivity contribution in [3.63, 3.8) is 0 Å². The third kappa shape index (κ3) is 2.82. The summed E-state index contributed by atoms with van der Waals surface area (Å²) in [7, 11) is 0. The molecule has 1 fully saturated rings. The Bertz CT molecular complexity index is 423. The van der Waals surface area contributed by atoms with Crippen molar-refractivity contribution in [1.29, 1.82) is 0 Å². The fourth-order valence-corrected chi connectivity index (χ4v) is 4.84. The molecule has 6 heteroatoms. The maximum absolute atomic E-state index is 14.0. The lowest BCUT2D eigenvalue weighted by Crippen LogP contribution is -2.38. The Balaban J connectivity index is 2.29. The fraction of sp³-hybridized carbons (Fsp3) is 0.500. The van der Waals surface area contributed by atoms with Crippen molar-refractivity contribution in [1.82, 2.24) is 5.43 Å². The molecule has 0 spiro atoms. The molecule has 1 saturated heterocycles. The van der Waals surface area contributed by atoms with E-state index >= 15 is 0 Å². The molecule has 0 aliphatic carbocycles. The molecule has 0 amide bonds. The minimum absolute atomic E-state index is 0.172. The number of rotatable bonds is 3. The van der Waals surface area contributed by atoms with Crippen LogP contribution in [0.25, 0.3) is 0 Å². The molecule has 100 valence electrons. The van der Waals surface area contributed by atoms with Gasteiger partial charge in [0.25, 0.3) is 0 Å². The number of nitrogens with one attached hydrogen (secondary N) is 1. The Morgan fingerprint density at radius 3 is 2.72 bits per heavy atom. The van der Waals surface area contributed by atoms with Crippen molar-refractivity contribution in [3.8, 4) is 0 Å². The molecular weight excluding hydrogens is 274 g/mol. The van der Waals surface area contributed by atoms with E-state index in [0.717, 1.165) is 17.3 Å². The zero-order valence-corrected chi connectivity index (χ0v) is 11.7. The number of benzene rings is 1. The van der Waals surface area contributed by atoms with Gasteiger partial charge in [-0.2, -0.15) is 23.5 Å². The molecule has 18 heavy (non-hydrogen) atoms. The Kier molecular flexibility index (Phi) is 4.89. The quantitative estimate of drug-likeness (QED) is 0.663. The highest BCUT2D eigenvalue weighted by atomic mass is 32.2. The van der Waals surface area contributed by atoms with Crippen LogP contribution in [0, 0.1) is 18.6 Å². The Hall–Kier alpha value is -0.300. The lowest BCUT2D eigenvalue weighted by molar-refractivity contribution is 0.461. The Morgan fingerprint density at radius 2 is 2.11 bits per heavy atom. The summed E-state index contributed by atoms with van der Waals surface area (Å²) in [4.78, 5) is 0. The third-order valence-corrected chi connectivity index (χ3v) is 5.90. The minimum atomic E-state index is -0.783. The van der Waals surface area contributed by atoms with Gasteiger partial charge in [0, 0.05) is 28.1 Å². The van der Waals surface area contributed by atoms with Crippen molar-refractivity contribution in [2.75, 3.05) is 17.3 Å². The largest absolute Gasteiger partial charge is 0.271 e. The average Bonchev–Trinajstić information content (AvgIpc) is 2.41.